The van der Waals surface area contributed by atoms with Crippen molar-refractivity contribution >= 4 is 40.0 Å². The molecule has 0 saturated carbocycles. The second-order valence-corrected chi connectivity index (χ2v) is 6.26. The molecule has 0 fully saturated rings. The van der Waals surface area contributed by atoms with Gasteiger partial charge in [0.05, 0.1) is 0 Å². The zero-order chi connectivity index (χ0) is 14.8. The molecule has 0 aliphatic carbocycles. The number of hydrogen-bond acceptors (Lipinski definition) is 1. The lowest BCUT2D eigenvalue weighted by Crippen LogP contribution is -2.51. The Hall–Kier alpha value is -1.74. The summed E-state index contributed by atoms with van der Waals surface area (Å²) in [6, 6.07) is 17.2. The SMILES string of the molecule is C=CCN1B(c2ccc(C)cc2)C(Br)=Cc2ccccc21. The Morgan fingerprint density at radius 3 is 2.57 bits per heavy atom. The predicted molar refractivity (Wildman–Crippen MR) is 97.5 cm³/mol. The molecule has 1 nitrogen and oxygen atoms in total. The highest BCUT2D eigenvalue weighted by molar-refractivity contribution is 9.12. The largest absolute Gasteiger partial charge is 0.403 e. The fourth-order valence-electron chi connectivity index (χ4n) is 2.82. The monoisotopic (exact) mass is 337 g/mol. The van der Waals surface area contributed by atoms with Crippen molar-refractivity contribution in [2.45, 2.75) is 6.92 Å². The van der Waals surface area contributed by atoms with Gasteiger partial charge in [-0.1, -0.05) is 75.5 Å². The average molecular weight is 338 g/mol. The molecule has 3 heteroatoms. The number of hydrogen-bond donors (Lipinski definition) is 0. The highest BCUT2D eigenvalue weighted by Crippen LogP contribution is 2.33. The van der Waals surface area contributed by atoms with Crippen molar-refractivity contribution in [3.63, 3.8) is 0 Å². The Morgan fingerprint density at radius 1 is 1.14 bits per heavy atom. The van der Waals surface area contributed by atoms with Crippen LogP contribution in [0, 0.1) is 6.92 Å². The lowest BCUT2D eigenvalue weighted by molar-refractivity contribution is 1.16. The maximum atomic E-state index is 3.92. The van der Waals surface area contributed by atoms with Gasteiger partial charge in [0.2, 0.25) is 0 Å². The van der Waals surface area contributed by atoms with Gasteiger partial charge >= 0.3 is 6.85 Å². The molecule has 1 aliphatic rings. The summed E-state index contributed by atoms with van der Waals surface area (Å²) in [5.41, 5.74) is 5.08. The molecule has 0 atom stereocenters. The smallest absolute Gasteiger partial charge is 0.331 e. The highest BCUT2D eigenvalue weighted by atomic mass is 79.9. The average Bonchev–Trinajstić information content (AvgIpc) is 2.49. The van der Waals surface area contributed by atoms with Crippen LogP contribution in [-0.2, 0) is 0 Å². The molecular weight excluding hydrogens is 321 g/mol. The molecule has 0 N–H and O–H groups in total. The van der Waals surface area contributed by atoms with Gasteiger partial charge in [0.25, 0.3) is 0 Å². The van der Waals surface area contributed by atoms with Crippen molar-refractivity contribution in [3.05, 3.63) is 76.7 Å². The van der Waals surface area contributed by atoms with Gasteiger partial charge < -0.3 is 4.81 Å². The van der Waals surface area contributed by atoms with Gasteiger partial charge in [0.1, 0.15) is 0 Å². The van der Waals surface area contributed by atoms with E-state index < -0.39 is 0 Å². The van der Waals surface area contributed by atoms with E-state index in [0.29, 0.717) is 0 Å². The molecule has 0 saturated heterocycles. The van der Waals surface area contributed by atoms with E-state index in [0.717, 1.165) is 6.54 Å². The third kappa shape index (κ3) is 2.70. The van der Waals surface area contributed by atoms with E-state index in [1.54, 1.807) is 0 Å². The molecule has 2 aromatic carbocycles. The summed E-state index contributed by atoms with van der Waals surface area (Å²) in [7, 11) is 0. The van der Waals surface area contributed by atoms with Gasteiger partial charge in [-0.25, -0.2) is 0 Å². The zero-order valence-corrected chi connectivity index (χ0v) is 13.7. The molecule has 0 radical (unpaired) electrons. The molecule has 0 bridgehead atoms. The van der Waals surface area contributed by atoms with Crippen LogP contribution >= 0.6 is 15.9 Å². The zero-order valence-electron chi connectivity index (χ0n) is 12.1. The van der Waals surface area contributed by atoms with Crippen LogP contribution in [0.1, 0.15) is 11.1 Å². The third-order valence-corrected chi connectivity index (χ3v) is 4.49. The Bertz CT molecular complexity index is 691. The first kappa shape index (κ1) is 14.2. The number of nitrogens with zero attached hydrogens (tertiary/aromatic N) is 1. The Kier molecular flexibility index (Phi) is 4.02. The van der Waals surface area contributed by atoms with Crippen LogP contribution in [-0.4, -0.2) is 13.4 Å². The van der Waals surface area contributed by atoms with Crippen molar-refractivity contribution in [3.8, 4) is 0 Å². The highest BCUT2D eigenvalue weighted by Gasteiger charge is 2.32. The van der Waals surface area contributed by atoms with Crippen LogP contribution < -0.4 is 10.3 Å². The summed E-state index contributed by atoms with van der Waals surface area (Å²) in [4.78, 5) is 2.39. The van der Waals surface area contributed by atoms with Gasteiger partial charge in [-0.05, 0) is 29.0 Å². The van der Waals surface area contributed by atoms with E-state index >= 15 is 0 Å². The number of anilines is 1. The number of rotatable bonds is 3. The normalized spacial score (nSPS) is 13.7. The summed E-state index contributed by atoms with van der Waals surface area (Å²) in [5, 5.41) is 0. The summed E-state index contributed by atoms with van der Waals surface area (Å²) < 4.78 is 1.19. The fourth-order valence-corrected chi connectivity index (χ4v) is 3.58. The minimum atomic E-state index is 0.207. The molecule has 0 amide bonds. The summed E-state index contributed by atoms with van der Waals surface area (Å²) in [5.74, 6) is 0. The molecular formula is C18H17BBrN. The summed E-state index contributed by atoms with van der Waals surface area (Å²) in [6.45, 7) is 7.06. The van der Waals surface area contributed by atoms with E-state index in [2.05, 4.69) is 88.9 Å². The summed E-state index contributed by atoms with van der Waals surface area (Å²) in [6.07, 6.45) is 4.18. The van der Waals surface area contributed by atoms with E-state index in [1.807, 2.05) is 6.08 Å². The maximum absolute atomic E-state index is 3.92. The van der Waals surface area contributed by atoms with Gasteiger partial charge in [-0.2, -0.15) is 0 Å². The first-order valence-electron chi connectivity index (χ1n) is 7.11. The molecule has 2 aromatic rings. The van der Waals surface area contributed by atoms with E-state index in [4.69, 9.17) is 0 Å². The minimum absolute atomic E-state index is 0.207. The Balaban J connectivity index is 2.11. The van der Waals surface area contributed by atoms with E-state index in [1.165, 1.54) is 26.7 Å². The molecule has 1 heterocycles. The van der Waals surface area contributed by atoms with Crippen LogP contribution in [0.4, 0.5) is 5.69 Å². The van der Waals surface area contributed by atoms with Gasteiger partial charge in [-0.3, -0.25) is 0 Å². The predicted octanol–water partition coefficient (Wildman–Crippen LogP) is 4.17. The summed E-state index contributed by atoms with van der Waals surface area (Å²) >= 11 is 3.78. The first-order chi connectivity index (χ1) is 10.2. The molecule has 104 valence electrons. The second-order valence-electron chi connectivity index (χ2n) is 5.34. The second kappa shape index (κ2) is 5.94. The molecule has 3 rings (SSSR count). The third-order valence-electron chi connectivity index (χ3n) is 3.83. The molecule has 0 aromatic heterocycles. The lowest BCUT2D eigenvalue weighted by atomic mass is 9.52. The number of aryl methyl sites for hydroxylation is 1. The van der Waals surface area contributed by atoms with Crippen molar-refractivity contribution in [2.24, 2.45) is 0 Å². The quantitative estimate of drug-likeness (QED) is 0.600. The number of para-hydroxylation sites is 1. The van der Waals surface area contributed by atoms with Gasteiger partial charge in [0.15, 0.2) is 0 Å². The standard InChI is InChI=1S/C18H17BBrN/c1-3-12-21-17-7-5-4-6-15(17)13-18(20)19(21)16-10-8-14(2)9-11-16/h3-11,13H,1,12H2,2H3. The van der Waals surface area contributed by atoms with Crippen molar-refractivity contribution in [1.82, 2.24) is 0 Å². The van der Waals surface area contributed by atoms with E-state index in [9.17, 15) is 0 Å². The molecule has 0 spiro atoms. The van der Waals surface area contributed by atoms with Crippen LogP contribution in [0.3, 0.4) is 0 Å². The minimum Gasteiger partial charge on any atom is -0.403 e. The number of halogens is 1. The number of benzene rings is 2. The topological polar surface area (TPSA) is 3.24 Å². The van der Waals surface area contributed by atoms with Gasteiger partial charge in [0, 0.05) is 12.2 Å². The van der Waals surface area contributed by atoms with Crippen molar-refractivity contribution < 1.29 is 0 Å². The molecule has 1 aliphatic heterocycles. The van der Waals surface area contributed by atoms with E-state index in [-0.39, 0.29) is 6.85 Å². The van der Waals surface area contributed by atoms with Crippen molar-refractivity contribution in [2.75, 3.05) is 11.4 Å². The Morgan fingerprint density at radius 2 is 1.86 bits per heavy atom. The van der Waals surface area contributed by atoms with Crippen LogP contribution in [0.5, 0.6) is 0 Å². The fraction of sp³-hybridized carbons (Fsp3) is 0.111. The van der Waals surface area contributed by atoms with Gasteiger partial charge in [-0.15, -0.1) is 6.58 Å². The first-order valence-corrected chi connectivity index (χ1v) is 7.90. The molecule has 21 heavy (non-hydrogen) atoms. The molecule has 0 unspecified atom stereocenters. The number of fused-ring (bicyclic) bond motifs is 1. The van der Waals surface area contributed by atoms with Crippen LogP contribution in [0.2, 0.25) is 0 Å². The maximum Gasteiger partial charge on any atom is 0.331 e. The lowest BCUT2D eigenvalue weighted by Gasteiger charge is -2.35. The van der Waals surface area contributed by atoms with Crippen LogP contribution in [0.25, 0.3) is 6.08 Å². The Labute approximate surface area is 135 Å². The van der Waals surface area contributed by atoms with Crippen molar-refractivity contribution in [1.29, 1.82) is 0 Å². The van der Waals surface area contributed by atoms with Crippen LogP contribution in [0.15, 0.2) is 65.6 Å².